The van der Waals surface area contributed by atoms with Crippen LogP contribution in [-0.2, 0) is 0 Å². The van der Waals surface area contributed by atoms with E-state index in [9.17, 15) is 0 Å². The molecule has 1 aromatic heterocycles. The third-order valence-electron chi connectivity index (χ3n) is 3.35. The molecule has 0 amide bonds. The van der Waals surface area contributed by atoms with Gasteiger partial charge in [0.15, 0.2) is 11.5 Å². The number of para-hydroxylation sites is 1. The van der Waals surface area contributed by atoms with Crippen molar-refractivity contribution < 1.29 is 9.47 Å². The summed E-state index contributed by atoms with van der Waals surface area (Å²) in [6, 6.07) is 13.3. The van der Waals surface area contributed by atoms with E-state index in [4.69, 9.17) is 15.2 Å². The summed E-state index contributed by atoms with van der Waals surface area (Å²) in [6.07, 6.45) is 1.74. The van der Waals surface area contributed by atoms with Crippen molar-refractivity contribution in [2.45, 2.75) is 6.92 Å². The van der Waals surface area contributed by atoms with E-state index >= 15 is 0 Å². The number of nitrogens with two attached hydrogens (primary N) is 1. The molecule has 4 heteroatoms. The molecule has 3 aromatic rings. The Balaban J connectivity index is 2.26. The zero-order chi connectivity index (χ0) is 14.8. The summed E-state index contributed by atoms with van der Waals surface area (Å²) >= 11 is 0. The Hall–Kier alpha value is -2.75. The van der Waals surface area contributed by atoms with Crippen LogP contribution >= 0.6 is 0 Å². The normalized spacial score (nSPS) is 10.6. The van der Waals surface area contributed by atoms with Gasteiger partial charge in [-0.1, -0.05) is 18.2 Å². The molecule has 0 aliphatic heterocycles. The summed E-state index contributed by atoms with van der Waals surface area (Å²) in [5.41, 5.74) is 8.40. The number of pyridine rings is 1. The van der Waals surface area contributed by atoms with Crippen LogP contribution in [0.25, 0.3) is 10.9 Å². The molecule has 3 rings (SSSR count). The number of hydrogen-bond acceptors (Lipinski definition) is 4. The lowest BCUT2D eigenvalue weighted by Crippen LogP contribution is -1.98. The molecule has 1 heterocycles. The van der Waals surface area contributed by atoms with Crippen LogP contribution in [0.2, 0.25) is 0 Å². The van der Waals surface area contributed by atoms with Crippen molar-refractivity contribution in [3.05, 3.63) is 54.2 Å². The lowest BCUT2D eigenvalue weighted by molar-refractivity contribution is 0.381. The number of nitrogens with zero attached hydrogens (tertiary/aromatic N) is 1. The molecule has 4 nitrogen and oxygen atoms in total. The predicted octanol–water partition coefficient (Wildman–Crippen LogP) is 3.93. The van der Waals surface area contributed by atoms with Crippen LogP contribution in [-0.4, -0.2) is 12.1 Å². The van der Waals surface area contributed by atoms with E-state index in [-0.39, 0.29) is 0 Å². The third kappa shape index (κ3) is 2.36. The Morgan fingerprint density at radius 3 is 2.57 bits per heavy atom. The van der Waals surface area contributed by atoms with Crippen LogP contribution in [0.1, 0.15) is 5.56 Å². The summed E-state index contributed by atoms with van der Waals surface area (Å²) in [4.78, 5) is 4.36. The van der Waals surface area contributed by atoms with Gasteiger partial charge in [-0.3, -0.25) is 4.98 Å². The number of methoxy groups -OCH3 is 1. The fourth-order valence-electron chi connectivity index (χ4n) is 2.32. The monoisotopic (exact) mass is 280 g/mol. The van der Waals surface area contributed by atoms with Gasteiger partial charge in [0.25, 0.3) is 0 Å². The molecule has 0 spiro atoms. The van der Waals surface area contributed by atoms with Gasteiger partial charge in [0, 0.05) is 12.3 Å². The van der Waals surface area contributed by atoms with Crippen molar-refractivity contribution in [3.8, 4) is 17.2 Å². The van der Waals surface area contributed by atoms with Crippen molar-refractivity contribution in [1.82, 2.24) is 4.98 Å². The summed E-state index contributed by atoms with van der Waals surface area (Å²) in [5.74, 6) is 1.98. The summed E-state index contributed by atoms with van der Waals surface area (Å²) < 4.78 is 11.5. The fraction of sp³-hybridized carbons (Fsp3) is 0.118. The van der Waals surface area contributed by atoms with Crippen LogP contribution in [0.5, 0.6) is 17.2 Å². The maximum Gasteiger partial charge on any atom is 0.179 e. The second-order valence-corrected chi connectivity index (χ2v) is 4.76. The minimum atomic E-state index is 0.575. The first-order valence-electron chi connectivity index (χ1n) is 6.65. The summed E-state index contributed by atoms with van der Waals surface area (Å²) in [5, 5.41) is 0.873. The zero-order valence-electron chi connectivity index (χ0n) is 12.0. The van der Waals surface area contributed by atoms with Gasteiger partial charge in [-0.05, 0) is 30.7 Å². The number of rotatable bonds is 3. The SMILES string of the molecule is COc1cc(N)c2nccc(C)c2c1Oc1ccccc1. The van der Waals surface area contributed by atoms with E-state index in [1.165, 1.54) is 0 Å². The maximum absolute atomic E-state index is 6.07. The topological polar surface area (TPSA) is 57.4 Å². The summed E-state index contributed by atoms with van der Waals surface area (Å²) in [7, 11) is 1.60. The molecular formula is C17H16N2O2. The highest BCUT2D eigenvalue weighted by Crippen LogP contribution is 2.42. The molecule has 0 bridgehead atoms. The van der Waals surface area contributed by atoms with Gasteiger partial charge in [-0.15, -0.1) is 0 Å². The van der Waals surface area contributed by atoms with Crippen LogP contribution in [0.15, 0.2) is 48.7 Å². The highest BCUT2D eigenvalue weighted by molar-refractivity contribution is 5.98. The van der Waals surface area contributed by atoms with Crippen LogP contribution in [0.3, 0.4) is 0 Å². The van der Waals surface area contributed by atoms with E-state index in [1.54, 1.807) is 19.4 Å². The Morgan fingerprint density at radius 1 is 1.10 bits per heavy atom. The predicted molar refractivity (Wildman–Crippen MR) is 84.0 cm³/mol. The van der Waals surface area contributed by atoms with Crippen molar-refractivity contribution in [2.75, 3.05) is 12.8 Å². The molecule has 2 N–H and O–H groups in total. The minimum Gasteiger partial charge on any atom is -0.493 e. The number of hydrogen-bond donors (Lipinski definition) is 1. The highest BCUT2D eigenvalue weighted by atomic mass is 16.5. The molecule has 0 atom stereocenters. The van der Waals surface area contributed by atoms with Crippen LogP contribution < -0.4 is 15.2 Å². The minimum absolute atomic E-state index is 0.575. The van der Waals surface area contributed by atoms with Crippen molar-refractivity contribution in [3.63, 3.8) is 0 Å². The van der Waals surface area contributed by atoms with E-state index in [0.717, 1.165) is 22.2 Å². The van der Waals surface area contributed by atoms with Gasteiger partial charge in [-0.2, -0.15) is 0 Å². The van der Waals surface area contributed by atoms with E-state index in [1.807, 2.05) is 43.3 Å². The number of anilines is 1. The molecule has 0 saturated carbocycles. The number of benzene rings is 2. The zero-order valence-corrected chi connectivity index (χ0v) is 12.0. The second kappa shape index (κ2) is 5.32. The lowest BCUT2D eigenvalue weighted by atomic mass is 10.1. The smallest absolute Gasteiger partial charge is 0.179 e. The van der Waals surface area contributed by atoms with E-state index in [0.29, 0.717) is 17.2 Å². The number of aromatic nitrogens is 1. The van der Waals surface area contributed by atoms with E-state index < -0.39 is 0 Å². The summed E-state index contributed by atoms with van der Waals surface area (Å²) in [6.45, 7) is 2.00. The Labute approximate surface area is 123 Å². The van der Waals surface area contributed by atoms with Gasteiger partial charge in [-0.25, -0.2) is 0 Å². The molecule has 2 aromatic carbocycles. The fourth-order valence-corrected chi connectivity index (χ4v) is 2.32. The van der Waals surface area contributed by atoms with Crippen molar-refractivity contribution >= 4 is 16.6 Å². The quantitative estimate of drug-likeness (QED) is 0.739. The van der Waals surface area contributed by atoms with Crippen molar-refractivity contribution in [1.29, 1.82) is 0 Å². The van der Waals surface area contributed by atoms with Gasteiger partial charge in [0.1, 0.15) is 5.75 Å². The molecule has 0 unspecified atom stereocenters. The number of aryl methyl sites for hydroxylation is 1. The largest absolute Gasteiger partial charge is 0.493 e. The van der Waals surface area contributed by atoms with Crippen LogP contribution in [0.4, 0.5) is 5.69 Å². The first kappa shape index (κ1) is 13.2. The molecule has 0 radical (unpaired) electrons. The Bertz CT molecular complexity index is 786. The average Bonchev–Trinajstić information content (AvgIpc) is 2.51. The average molecular weight is 280 g/mol. The lowest BCUT2D eigenvalue weighted by Gasteiger charge is -2.15. The van der Waals surface area contributed by atoms with Crippen LogP contribution in [0, 0.1) is 6.92 Å². The van der Waals surface area contributed by atoms with Gasteiger partial charge < -0.3 is 15.2 Å². The number of ether oxygens (including phenoxy) is 2. The molecular weight excluding hydrogens is 264 g/mol. The van der Waals surface area contributed by atoms with Gasteiger partial charge >= 0.3 is 0 Å². The van der Waals surface area contributed by atoms with Gasteiger partial charge in [0.05, 0.1) is 23.7 Å². The number of fused-ring (bicyclic) bond motifs is 1. The van der Waals surface area contributed by atoms with E-state index in [2.05, 4.69) is 4.98 Å². The molecule has 0 aliphatic rings. The Kier molecular flexibility index (Phi) is 3.36. The van der Waals surface area contributed by atoms with Gasteiger partial charge in [0.2, 0.25) is 0 Å². The first-order valence-corrected chi connectivity index (χ1v) is 6.65. The molecule has 106 valence electrons. The molecule has 0 saturated heterocycles. The second-order valence-electron chi connectivity index (χ2n) is 4.76. The highest BCUT2D eigenvalue weighted by Gasteiger charge is 2.16. The Morgan fingerprint density at radius 2 is 1.86 bits per heavy atom. The molecule has 0 aliphatic carbocycles. The third-order valence-corrected chi connectivity index (χ3v) is 3.35. The maximum atomic E-state index is 6.07. The number of nitrogen functional groups attached to an aromatic ring is 1. The molecule has 0 fully saturated rings. The molecule has 21 heavy (non-hydrogen) atoms. The first-order chi connectivity index (χ1) is 10.2. The standard InChI is InChI=1S/C17H16N2O2/c1-11-8-9-19-16-13(18)10-14(20-2)17(15(11)16)21-12-6-4-3-5-7-12/h3-10H,18H2,1-2H3. The van der Waals surface area contributed by atoms with Crippen molar-refractivity contribution in [2.24, 2.45) is 0 Å².